The molecule has 3 rings (SSSR count). The third-order valence-corrected chi connectivity index (χ3v) is 5.96. The van der Waals surface area contributed by atoms with Crippen molar-refractivity contribution < 1.29 is 4.79 Å². The van der Waals surface area contributed by atoms with Crippen molar-refractivity contribution in [3.05, 3.63) is 24.5 Å². The molecule has 0 aromatic carbocycles. The lowest BCUT2D eigenvalue weighted by Gasteiger charge is -2.39. The molecule has 0 saturated carbocycles. The van der Waals surface area contributed by atoms with E-state index >= 15 is 0 Å². The van der Waals surface area contributed by atoms with E-state index in [1.807, 2.05) is 12.1 Å². The molecule has 27 heavy (non-hydrogen) atoms. The first-order chi connectivity index (χ1) is 13.0. The van der Waals surface area contributed by atoms with Crippen molar-refractivity contribution >= 4 is 17.7 Å². The maximum atomic E-state index is 12.8. The van der Waals surface area contributed by atoms with Crippen LogP contribution in [0.2, 0.25) is 0 Å². The fourth-order valence-corrected chi connectivity index (χ4v) is 4.57. The van der Waals surface area contributed by atoms with Crippen LogP contribution in [0.25, 0.3) is 11.4 Å². The smallest absolute Gasteiger partial charge is 0.233 e. The molecule has 2 aromatic rings. The highest BCUT2D eigenvalue weighted by molar-refractivity contribution is 7.99. The highest BCUT2D eigenvalue weighted by Crippen LogP contribution is 2.27. The van der Waals surface area contributed by atoms with Gasteiger partial charge >= 0.3 is 0 Å². The Kier molecular flexibility index (Phi) is 6.52. The van der Waals surface area contributed by atoms with Gasteiger partial charge in [0, 0.05) is 36.6 Å². The van der Waals surface area contributed by atoms with E-state index in [-0.39, 0.29) is 5.91 Å². The summed E-state index contributed by atoms with van der Waals surface area (Å²) >= 11 is 1.49. The molecule has 1 aliphatic heterocycles. The monoisotopic (exact) mass is 387 g/mol. The maximum Gasteiger partial charge on any atom is 0.233 e. The summed E-state index contributed by atoms with van der Waals surface area (Å²) in [5.41, 5.74) is 0.995. The topological polar surface area (TPSA) is 63.9 Å². The summed E-state index contributed by atoms with van der Waals surface area (Å²) in [7, 11) is 0. The van der Waals surface area contributed by atoms with Crippen LogP contribution in [0, 0.1) is 5.92 Å². The number of rotatable bonds is 6. The first kappa shape index (κ1) is 19.9. The van der Waals surface area contributed by atoms with Gasteiger partial charge in [0.2, 0.25) is 5.91 Å². The van der Waals surface area contributed by atoms with Gasteiger partial charge in [-0.15, -0.1) is 10.2 Å². The molecule has 7 heteroatoms. The van der Waals surface area contributed by atoms with Crippen LogP contribution >= 0.6 is 11.8 Å². The number of pyridine rings is 1. The lowest BCUT2D eigenvalue weighted by molar-refractivity contribution is -0.134. The van der Waals surface area contributed by atoms with Gasteiger partial charge in [0.1, 0.15) is 0 Å². The van der Waals surface area contributed by atoms with E-state index < -0.39 is 0 Å². The predicted molar refractivity (Wildman–Crippen MR) is 108 cm³/mol. The van der Waals surface area contributed by atoms with Crippen LogP contribution < -0.4 is 0 Å². The van der Waals surface area contributed by atoms with E-state index in [2.05, 4.69) is 52.3 Å². The highest BCUT2D eigenvalue weighted by atomic mass is 32.2. The van der Waals surface area contributed by atoms with E-state index in [4.69, 9.17) is 0 Å². The Labute approximate surface area is 165 Å². The number of likely N-dealkylation sites (tertiary alicyclic amines) is 1. The zero-order valence-corrected chi connectivity index (χ0v) is 17.4. The summed E-state index contributed by atoms with van der Waals surface area (Å²) in [5, 5.41) is 9.59. The molecule has 0 spiro atoms. The van der Waals surface area contributed by atoms with Gasteiger partial charge in [-0.05, 0) is 51.2 Å². The second kappa shape index (κ2) is 8.87. The van der Waals surface area contributed by atoms with Gasteiger partial charge in [-0.1, -0.05) is 25.6 Å². The van der Waals surface area contributed by atoms with Gasteiger partial charge in [0.15, 0.2) is 11.0 Å². The quantitative estimate of drug-likeness (QED) is 0.704. The minimum Gasteiger partial charge on any atom is -0.337 e. The Morgan fingerprint density at radius 1 is 1.19 bits per heavy atom. The molecule has 2 atom stereocenters. The molecule has 1 amide bonds. The van der Waals surface area contributed by atoms with Crippen LogP contribution in [0.15, 0.2) is 29.7 Å². The summed E-state index contributed by atoms with van der Waals surface area (Å²) in [6.07, 6.45) is 6.92. The van der Waals surface area contributed by atoms with E-state index in [0.29, 0.717) is 23.8 Å². The maximum absolute atomic E-state index is 12.8. The molecule has 1 saturated heterocycles. The van der Waals surface area contributed by atoms with Crippen molar-refractivity contribution in [3.8, 4) is 11.4 Å². The van der Waals surface area contributed by atoms with Crippen LogP contribution in [0.1, 0.15) is 47.0 Å². The molecular weight excluding hydrogens is 358 g/mol. The number of hydrogen-bond donors (Lipinski definition) is 0. The Hall–Kier alpha value is -1.89. The molecule has 1 fully saturated rings. The fourth-order valence-electron chi connectivity index (χ4n) is 3.75. The molecular formula is C20H29N5OS. The Bertz CT molecular complexity index is 751. The van der Waals surface area contributed by atoms with Gasteiger partial charge in [0.05, 0.1) is 5.75 Å². The standard InChI is InChI=1S/C20H29N5OS/c1-14(2)12-24-19(17-8-10-21-11-9-17)22-23-20(24)27-13-18(26)25-15(3)6-5-7-16(25)4/h8-11,14-16H,5-7,12-13H2,1-4H3/t15-,16-/m1/s1. The summed E-state index contributed by atoms with van der Waals surface area (Å²) in [5.74, 6) is 1.89. The molecule has 3 heterocycles. The fraction of sp³-hybridized carbons (Fsp3) is 0.600. The zero-order valence-electron chi connectivity index (χ0n) is 16.6. The van der Waals surface area contributed by atoms with Gasteiger partial charge in [-0.3, -0.25) is 9.78 Å². The molecule has 0 N–H and O–H groups in total. The summed E-state index contributed by atoms with van der Waals surface area (Å²) < 4.78 is 2.13. The molecule has 0 bridgehead atoms. The van der Waals surface area contributed by atoms with E-state index in [0.717, 1.165) is 35.9 Å². The minimum atomic E-state index is 0.198. The summed E-state index contributed by atoms with van der Waals surface area (Å²) in [4.78, 5) is 19.0. The second-order valence-corrected chi connectivity index (χ2v) is 8.71. The lowest BCUT2D eigenvalue weighted by Crippen LogP contribution is -2.48. The van der Waals surface area contributed by atoms with E-state index in [1.165, 1.54) is 18.2 Å². The Morgan fingerprint density at radius 3 is 2.48 bits per heavy atom. The SMILES string of the molecule is CC(C)Cn1c(SCC(=O)N2[C@H](C)CCC[C@H]2C)nnc1-c1ccncc1. The van der Waals surface area contributed by atoms with Gasteiger partial charge in [-0.25, -0.2) is 0 Å². The number of amides is 1. The number of carbonyl (C=O) groups excluding carboxylic acids is 1. The van der Waals surface area contributed by atoms with Crippen molar-refractivity contribution in [2.24, 2.45) is 5.92 Å². The van der Waals surface area contributed by atoms with Gasteiger partial charge < -0.3 is 9.47 Å². The molecule has 1 aliphatic rings. The number of aromatic nitrogens is 4. The molecule has 0 unspecified atom stereocenters. The van der Waals surface area contributed by atoms with Crippen molar-refractivity contribution in [2.45, 2.75) is 70.7 Å². The summed E-state index contributed by atoms with van der Waals surface area (Å²) in [6.45, 7) is 9.47. The van der Waals surface area contributed by atoms with Crippen molar-refractivity contribution in [1.82, 2.24) is 24.6 Å². The molecule has 0 radical (unpaired) electrons. The number of piperidine rings is 1. The van der Waals surface area contributed by atoms with Gasteiger partial charge in [-0.2, -0.15) is 0 Å². The lowest BCUT2D eigenvalue weighted by atomic mass is 9.98. The molecule has 0 aliphatic carbocycles. The second-order valence-electron chi connectivity index (χ2n) is 7.77. The van der Waals surface area contributed by atoms with E-state index in [9.17, 15) is 4.79 Å². The highest BCUT2D eigenvalue weighted by Gasteiger charge is 2.29. The van der Waals surface area contributed by atoms with Crippen molar-refractivity contribution in [3.63, 3.8) is 0 Å². The molecule has 6 nitrogen and oxygen atoms in total. The Balaban J connectivity index is 1.76. The Morgan fingerprint density at radius 2 is 1.85 bits per heavy atom. The predicted octanol–water partition coefficient (Wildman–Crippen LogP) is 3.88. The number of carbonyl (C=O) groups is 1. The zero-order chi connectivity index (χ0) is 19.4. The molecule has 146 valence electrons. The first-order valence-electron chi connectivity index (χ1n) is 9.75. The summed E-state index contributed by atoms with van der Waals surface area (Å²) in [6, 6.07) is 4.53. The van der Waals surface area contributed by atoms with Crippen LogP contribution in [0.3, 0.4) is 0 Å². The third-order valence-electron chi connectivity index (χ3n) is 5.01. The van der Waals surface area contributed by atoms with E-state index in [1.54, 1.807) is 12.4 Å². The van der Waals surface area contributed by atoms with Crippen LogP contribution in [0.4, 0.5) is 0 Å². The van der Waals surface area contributed by atoms with Crippen molar-refractivity contribution in [2.75, 3.05) is 5.75 Å². The number of nitrogens with zero attached hydrogens (tertiary/aromatic N) is 5. The van der Waals surface area contributed by atoms with Gasteiger partial charge in [0.25, 0.3) is 0 Å². The number of thioether (sulfide) groups is 1. The average molecular weight is 388 g/mol. The van der Waals surface area contributed by atoms with Crippen LogP contribution in [-0.2, 0) is 11.3 Å². The third kappa shape index (κ3) is 4.69. The van der Waals surface area contributed by atoms with Crippen molar-refractivity contribution in [1.29, 1.82) is 0 Å². The minimum absolute atomic E-state index is 0.198. The van der Waals surface area contributed by atoms with Crippen LogP contribution in [-0.4, -0.2) is 48.4 Å². The largest absolute Gasteiger partial charge is 0.337 e. The normalized spacial score (nSPS) is 20.3. The molecule has 2 aromatic heterocycles. The first-order valence-corrected chi connectivity index (χ1v) is 10.7. The number of hydrogen-bond acceptors (Lipinski definition) is 5. The van der Waals surface area contributed by atoms with Crippen LogP contribution in [0.5, 0.6) is 0 Å². The average Bonchev–Trinajstić information content (AvgIpc) is 3.02.